The lowest BCUT2D eigenvalue weighted by Crippen LogP contribution is -2.48. The fraction of sp³-hybridized carbons (Fsp3) is 0.667. The summed E-state index contributed by atoms with van der Waals surface area (Å²) < 4.78 is 0. The first-order valence-corrected chi connectivity index (χ1v) is 7.58. The molecule has 0 aliphatic heterocycles. The fourth-order valence-electron chi connectivity index (χ4n) is 1.10. The van der Waals surface area contributed by atoms with E-state index in [1.54, 1.807) is 6.92 Å². The third kappa shape index (κ3) is 4.33. The number of hydrogen-bond acceptors (Lipinski definition) is 1. The van der Waals surface area contributed by atoms with Gasteiger partial charge in [0.25, 0.3) is 0 Å². The summed E-state index contributed by atoms with van der Waals surface area (Å²) in [6.07, 6.45) is 1.13. The Morgan fingerprint density at radius 1 is 1.50 bits per heavy atom. The van der Waals surface area contributed by atoms with Gasteiger partial charge >= 0.3 is 0 Å². The molecular weight excluding hydrogens is 166 g/mol. The summed E-state index contributed by atoms with van der Waals surface area (Å²) in [5.74, 6) is 0.0140. The summed E-state index contributed by atoms with van der Waals surface area (Å²) in [4.78, 5) is 14.3. The molecule has 0 rings (SSSR count). The molecule has 0 aromatic rings. The van der Waals surface area contributed by atoms with Gasteiger partial charge in [0.2, 0.25) is 5.91 Å². The Hall–Kier alpha value is -0.573. The third-order valence-corrected chi connectivity index (χ3v) is 4.37. The van der Waals surface area contributed by atoms with E-state index < -0.39 is 8.24 Å². The van der Waals surface area contributed by atoms with Crippen LogP contribution in [0.3, 0.4) is 0 Å². The van der Waals surface area contributed by atoms with Crippen LogP contribution in [0.25, 0.3) is 0 Å². The smallest absolute Gasteiger partial charge is 0.238 e. The van der Waals surface area contributed by atoms with Gasteiger partial charge in [-0.3, -0.25) is 4.79 Å². The summed E-state index contributed by atoms with van der Waals surface area (Å²) >= 11 is 0. The van der Waals surface area contributed by atoms with Crippen molar-refractivity contribution >= 4 is 14.1 Å². The van der Waals surface area contributed by atoms with Crippen LogP contribution in [-0.2, 0) is 4.79 Å². The molecule has 1 amide bonds. The van der Waals surface area contributed by atoms with Gasteiger partial charge in [-0.15, -0.1) is 0 Å². The minimum atomic E-state index is -1.49. The van der Waals surface area contributed by atoms with Crippen molar-refractivity contribution in [3.05, 3.63) is 12.2 Å². The standard InChI is InChI=1S/C9H19NOSi/c1-6-7-12(4,5)10-9(11)8(2)3/h2,6-7H2,1,3-5H3,(H,10,11). The zero-order valence-corrected chi connectivity index (χ0v) is 9.53. The van der Waals surface area contributed by atoms with Crippen LogP contribution in [-0.4, -0.2) is 14.1 Å². The molecule has 0 radical (unpaired) electrons. The lowest BCUT2D eigenvalue weighted by molar-refractivity contribution is -0.116. The van der Waals surface area contributed by atoms with Crippen molar-refractivity contribution in [1.29, 1.82) is 0 Å². The molecule has 70 valence electrons. The van der Waals surface area contributed by atoms with Gasteiger partial charge in [-0.1, -0.05) is 33.0 Å². The molecule has 0 unspecified atom stereocenters. The van der Waals surface area contributed by atoms with E-state index in [9.17, 15) is 4.79 Å². The van der Waals surface area contributed by atoms with Crippen LogP contribution in [0.2, 0.25) is 19.1 Å². The molecule has 0 saturated heterocycles. The molecular formula is C9H19NOSi. The predicted octanol–water partition coefficient (Wildman–Crippen LogP) is 2.29. The molecule has 2 nitrogen and oxygen atoms in total. The van der Waals surface area contributed by atoms with Gasteiger partial charge < -0.3 is 4.98 Å². The SMILES string of the molecule is C=C(C)C(=O)N[Si](C)(C)CCC. The lowest BCUT2D eigenvalue weighted by atomic mass is 10.3. The molecule has 0 heterocycles. The Labute approximate surface area is 76.1 Å². The summed E-state index contributed by atoms with van der Waals surface area (Å²) in [5, 5.41) is 0. The van der Waals surface area contributed by atoms with Crippen LogP contribution in [0.1, 0.15) is 20.3 Å². The highest BCUT2D eigenvalue weighted by molar-refractivity contribution is 6.77. The largest absolute Gasteiger partial charge is 0.378 e. The second-order valence-corrected chi connectivity index (χ2v) is 8.39. The Morgan fingerprint density at radius 3 is 2.33 bits per heavy atom. The zero-order valence-electron chi connectivity index (χ0n) is 8.53. The van der Waals surface area contributed by atoms with Gasteiger partial charge in [0.1, 0.15) is 0 Å². The highest BCUT2D eigenvalue weighted by atomic mass is 28.3. The molecule has 0 saturated carbocycles. The number of hydrogen-bond donors (Lipinski definition) is 1. The maximum Gasteiger partial charge on any atom is 0.238 e. The molecule has 0 aliphatic rings. The van der Waals surface area contributed by atoms with E-state index in [1.165, 1.54) is 0 Å². The average Bonchev–Trinajstić information content (AvgIpc) is 1.85. The van der Waals surface area contributed by atoms with Crippen molar-refractivity contribution in [2.24, 2.45) is 0 Å². The van der Waals surface area contributed by atoms with E-state index in [0.29, 0.717) is 5.57 Å². The monoisotopic (exact) mass is 185 g/mol. The van der Waals surface area contributed by atoms with Crippen LogP contribution in [0.5, 0.6) is 0 Å². The molecule has 0 spiro atoms. The van der Waals surface area contributed by atoms with Gasteiger partial charge in [0.05, 0.1) is 0 Å². The Balaban J connectivity index is 4.05. The Morgan fingerprint density at radius 2 is 2.00 bits per heavy atom. The molecule has 3 heteroatoms. The van der Waals surface area contributed by atoms with E-state index in [2.05, 4.69) is 31.6 Å². The Bertz CT molecular complexity index is 187. The first-order valence-electron chi connectivity index (χ1n) is 4.37. The van der Waals surface area contributed by atoms with E-state index in [1.807, 2.05) is 0 Å². The quantitative estimate of drug-likeness (QED) is 0.528. The highest BCUT2D eigenvalue weighted by Crippen LogP contribution is 2.08. The molecule has 12 heavy (non-hydrogen) atoms. The molecule has 0 aromatic carbocycles. The number of rotatable bonds is 4. The maximum atomic E-state index is 11.3. The van der Waals surface area contributed by atoms with Crippen molar-refractivity contribution in [2.45, 2.75) is 39.4 Å². The van der Waals surface area contributed by atoms with Crippen LogP contribution in [0.4, 0.5) is 0 Å². The number of carbonyl (C=O) groups excluding carboxylic acids is 1. The second-order valence-electron chi connectivity index (χ2n) is 3.87. The minimum absolute atomic E-state index is 0.0140. The van der Waals surface area contributed by atoms with Crippen molar-refractivity contribution in [1.82, 2.24) is 4.98 Å². The van der Waals surface area contributed by atoms with Crippen molar-refractivity contribution < 1.29 is 4.79 Å². The van der Waals surface area contributed by atoms with Crippen LogP contribution in [0.15, 0.2) is 12.2 Å². The van der Waals surface area contributed by atoms with E-state index >= 15 is 0 Å². The van der Waals surface area contributed by atoms with Gasteiger partial charge in [-0.05, 0) is 13.0 Å². The van der Waals surface area contributed by atoms with Gasteiger partial charge in [-0.2, -0.15) is 0 Å². The molecule has 0 fully saturated rings. The fourth-order valence-corrected chi connectivity index (χ4v) is 3.30. The first kappa shape index (κ1) is 11.4. The third-order valence-electron chi connectivity index (χ3n) is 1.71. The van der Waals surface area contributed by atoms with Gasteiger partial charge in [-0.25, -0.2) is 0 Å². The molecule has 0 aromatic heterocycles. The highest BCUT2D eigenvalue weighted by Gasteiger charge is 2.22. The van der Waals surface area contributed by atoms with Crippen LogP contribution in [0, 0.1) is 0 Å². The molecule has 0 aliphatic carbocycles. The van der Waals surface area contributed by atoms with E-state index in [4.69, 9.17) is 0 Å². The average molecular weight is 185 g/mol. The summed E-state index contributed by atoms with van der Waals surface area (Å²) in [6, 6.07) is 1.13. The van der Waals surface area contributed by atoms with Crippen molar-refractivity contribution in [3.8, 4) is 0 Å². The predicted molar refractivity (Wildman–Crippen MR) is 55.5 cm³/mol. The Kier molecular flexibility index (Phi) is 4.24. The summed E-state index contributed by atoms with van der Waals surface area (Å²) in [7, 11) is -1.49. The van der Waals surface area contributed by atoms with Crippen molar-refractivity contribution in [3.63, 3.8) is 0 Å². The summed E-state index contributed by atoms with van der Waals surface area (Å²) in [5.41, 5.74) is 0.603. The number of amides is 1. The maximum absolute atomic E-state index is 11.3. The summed E-state index contributed by atoms with van der Waals surface area (Å²) in [6.45, 7) is 11.8. The zero-order chi connectivity index (χ0) is 9.78. The van der Waals surface area contributed by atoms with E-state index in [-0.39, 0.29) is 5.91 Å². The normalized spacial score (nSPS) is 11.0. The second kappa shape index (κ2) is 4.45. The van der Waals surface area contributed by atoms with Crippen LogP contribution >= 0.6 is 0 Å². The molecule has 0 atom stereocenters. The number of carbonyl (C=O) groups is 1. The lowest BCUT2D eigenvalue weighted by Gasteiger charge is -2.22. The van der Waals surface area contributed by atoms with E-state index in [0.717, 1.165) is 12.5 Å². The van der Waals surface area contributed by atoms with Gasteiger partial charge in [0.15, 0.2) is 8.24 Å². The topological polar surface area (TPSA) is 29.1 Å². The van der Waals surface area contributed by atoms with Crippen LogP contribution < -0.4 is 4.98 Å². The first-order chi connectivity index (χ1) is 5.39. The molecule has 1 N–H and O–H groups in total. The van der Waals surface area contributed by atoms with Crippen molar-refractivity contribution in [2.75, 3.05) is 0 Å². The molecule has 0 bridgehead atoms. The van der Waals surface area contributed by atoms with Gasteiger partial charge in [0, 0.05) is 5.57 Å². The minimum Gasteiger partial charge on any atom is -0.378 e. The number of nitrogens with one attached hydrogen (secondary N) is 1.